The van der Waals surface area contributed by atoms with Crippen LogP contribution in [0.5, 0.6) is 5.75 Å². The Labute approximate surface area is 208 Å². The minimum atomic E-state index is -0.531. The molecular formula is C27H40N4O4. The number of hydrogen-bond donors (Lipinski definition) is 1. The standard InChI is InChI=1S/C27H40N4O4/c1-25(2,3)35-24(32)31-11-6-20-23(21(31)7-10-30-17-27(18-30)8-4-12-33-27)22(5-9-29-20)34-19-13-26(14-19)15-28-16-26/h5,9,19,21,28H,4,6-8,10-18H2,1-3H3. The Morgan fingerprint density at radius 3 is 2.74 bits per heavy atom. The zero-order valence-corrected chi connectivity index (χ0v) is 21.5. The number of pyridine rings is 1. The molecule has 0 bridgehead atoms. The number of hydrogen-bond acceptors (Lipinski definition) is 7. The van der Waals surface area contributed by atoms with Crippen molar-refractivity contribution in [2.45, 2.75) is 82.6 Å². The van der Waals surface area contributed by atoms with Gasteiger partial charge in [0.2, 0.25) is 0 Å². The first-order valence-corrected chi connectivity index (χ1v) is 13.4. The van der Waals surface area contributed by atoms with Crippen LogP contribution in [-0.4, -0.2) is 84.1 Å². The van der Waals surface area contributed by atoms with Gasteiger partial charge in [0.25, 0.3) is 0 Å². The Morgan fingerprint density at radius 2 is 2.09 bits per heavy atom. The number of amides is 1. The molecular weight excluding hydrogens is 444 g/mol. The summed E-state index contributed by atoms with van der Waals surface area (Å²) in [5.74, 6) is 0.902. The molecule has 1 amide bonds. The molecule has 0 aromatic carbocycles. The third-order valence-corrected chi connectivity index (χ3v) is 8.50. The summed E-state index contributed by atoms with van der Waals surface area (Å²) in [5.41, 5.74) is 2.16. The van der Waals surface area contributed by atoms with Crippen molar-refractivity contribution < 1.29 is 19.0 Å². The fraction of sp³-hybridized carbons (Fsp3) is 0.778. The van der Waals surface area contributed by atoms with Crippen molar-refractivity contribution in [2.24, 2.45) is 5.41 Å². The quantitative estimate of drug-likeness (QED) is 0.687. The second-order valence-electron chi connectivity index (χ2n) is 12.5. The summed E-state index contributed by atoms with van der Waals surface area (Å²) in [6.45, 7) is 12.4. The molecule has 1 atom stereocenters. The average molecular weight is 485 g/mol. The van der Waals surface area contributed by atoms with E-state index in [0.29, 0.717) is 12.0 Å². The molecule has 1 aromatic rings. The molecule has 4 aliphatic heterocycles. The van der Waals surface area contributed by atoms with Crippen molar-refractivity contribution in [3.05, 3.63) is 23.5 Å². The number of fused-ring (bicyclic) bond motifs is 1. The number of likely N-dealkylation sites (tertiary alicyclic amines) is 1. The van der Waals surface area contributed by atoms with Crippen molar-refractivity contribution in [2.75, 3.05) is 45.9 Å². The third kappa shape index (κ3) is 4.53. The van der Waals surface area contributed by atoms with Crippen LogP contribution < -0.4 is 10.1 Å². The molecule has 0 radical (unpaired) electrons. The molecule has 5 aliphatic rings. The minimum Gasteiger partial charge on any atom is -0.490 e. The van der Waals surface area contributed by atoms with Crippen molar-refractivity contribution in [3.63, 3.8) is 0 Å². The highest BCUT2D eigenvalue weighted by Gasteiger charge is 2.50. The van der Waals surface area contributed by atoms with Crippen LogP contribution in [0.1, 0.15) is 70.2 Å². The fourth-order valence-electron chi connectivity index (χ4n) is 6.70. The molecule has 1 N–H and O–H groups in total. The lowest BCUT2D eigenvalue weighted by Gasteiger charge is -2.54. The van der Waals surface area contributed by atoms with E-state index in [9.17, 15) is 4.79 Å². The number of ether oxygens (including phenoxy) is 3. The molecule has 3 saturated heterocycles. The number of rotatable bonds is 5. The van der Waals surface area contributed by atoms with E-state index in [1.807, 2.05) is 37.9 Å². The lowest BCUT2D eigenvalue weighted by Crippen LogP contribution is -2.63. The summed E-state index contributed by atoms with van der Waals surface area (Å²) in [7, 11) is 0. The van der Waals surface area contributed by atoms with Crippen LogP contribution in [0.15, 0.2) is 12.3 Å². The Balaban J connectivity index is 1.21. The van der Waals surface area contributed by atoms with Crippen LogP contribution in [0.25, 0.3) is 0 Å². The number of carbonyl (C=O) groups excluding carboxylic acids is 1. The Bertz CT molecular complexity index is 950. The van der Waals surface area contributed by atoms with E-state index in [1.165, 1.54) is 12.8 Å². The monoisotopic (exact) mass is 484 g/mol. The first-order chi connectivity index (χ1) is 16.7. The molecule has 4 fully saturated rings. The molecule has 1 unspecified atom stereocenters. The van der Waals surface area contributed by atoms with E-state index in [0.717, 1.165) is 82.0 Å². The number of nitrogens with one attached hydrogen (secondary N) is 1. The van der Waals surface area contributed by atoms with Gasteiger partial charge in [-0.15, -0.1) is 0 Å². The molecule has 192 valence electrons. The molecule has 8 nitrogen and oxygen atoms in total. The van der Waals surface area contributed by atoms with E-state index in [-0.39, 0.29) is 23.8 Å². The van der Waals surface area contributed by atoms with Gasteiger partial charge in [0.15, 0.2) is 0 Å². The lowest BCUT2D eigenvalue weighted by molar-refractivity contribution is -0.112. The molecule has 1 aromatic heterocycles. The molecule has 5 heterocycles. The van der Waals surface area contributed by atoms with Crippen LogP contribution >= 0.6 is 0 Å². The van der Waals surface area contributed by atoms with E-state index >= 15 is 0 Å². The van der Waals surface area contributed by atoms with Gasteiger partial charge in [0.1, 0.15) is 11.4 Å². The maximum Gasteiger partial charge on any atom is 0.410 e. The van der Waals surface area contributed by atoms with Gasteiger partial charge in [0.05, 0.1) is 23.4 Å². The molecule has 35 heavy (non-hydrogen) atoms. The highest BCUT2D eigenvalue weighted by Crippen LogP contribution is 2.47. The maximum atomic E-state index is 13.3. The molecule has 2 spiro atoms. The lowest BCUT2D eigenvalue weighted by atomic mass is 9.63. The molecule has 1 aliphatic carbocycles. The predicted octanol–water partition coefficient (Wildman–Crippen LogP) is 3.30. The Hall–Kier alpha value is -1.90. The molecule has 6 rings (SSSR count). The summed E-state index contributed by atoms with van der Waals surface area (Å²) >= 11 is 0. The van der Waals surface area contributed by atoms with Crippen LogP contribution in [0.2, 0.25) is 0 Å². The number of nitrogens with zero attached hydrogens (tertiary/aromatic N) is 3. The van der Waals surface area contributed by atoms with Crippen molar-refractivity contribution >= 4 is 6.09 Å². The summed E-state index contributed by atoms with van der Waals surface area (Å²) in [4.78, 5) is 22.4. The van der Waals surface area contributed by atoms with E-state index in [4.69, 9.17) is 19.2 Å². The topological polar surface area (TPSA) is 76.2 Å². The summed E-state index contributed by atoms with van der Waals surface area (Å²) in [5, 5.41) is 3.40. The van der Waals surface area contributed by atoms with Crippen molar-refractivity contribution in [3.8, 4) is 5.75 Å². The zero-order chi connectivity index (χ0) is 24.3. The minimum absolute atomic E-state index is 0.0850. The second-order valence-corrected chi connectivity index (χ2v) is 12.5. The van der Waals surface area contributed by atoms with Gasteiger partial charge < -0.3 is 24.4 Å². The summed E-state index contributed by atoms with van der Waals surface area (Å²) in [6, 6.07) is 1.90. The second kappa shape index (κ2) is 8.60. The normalized spacial score (nSPS) is 27.2. The fourth-order valence-corrected chi connectivity index (χ4v) is 6.70. The van der Waals surface area contributed by atoms with Crippen LogP contribution in [-0.2, 0) is 15.9 Å². The number of carbonyl (C=O) groups is 1. The van der Waals surface area contributed by atoms with Crippen LogP contribution in [0, 0.1) is 5.41 Å². The summed E-state index contributed by atoms with van der Waals surface area (Å²) < 4.78 is 18.4. The SMILES string of the molecule is CC(C)(C)OC(=O)N1CCc2nccc(OC3CC4(CNC4)C3)c2C1CCN1CC2(CCCO2)C1. The van der Waals surface area contributed by atoms with E-state index in [2.05, 4.69) is 10.2 Å². The van der Waals surface area contributed by atoms with Gasteiger partial charge in [-0.3, -0.25) is 9.88 Å². The van der Waals surface area contributed by atoms with Gasteiger partial charge in [0, 0.05) is 69.5 Å². The van der Waals surface area contributed by atoms with Crippen LogP contribution in [0.3, 0.4) is 0 Å². The molecule has 1 saturated carbocycles. The zero-order valence-electron chi connectivity index (χ0n) is 21.5. The van der Waals surface area contributed by atoms with Crippen molar-refractivity contribution in [1.82, 2.24) is 20.1 Å². The van der Waals surface area contributed by atoms with Gasteiger partial charge in [-0.25, -0.2) is 4.79 Å². The molecule has 8 heteroatoms. The maximum absolute atomic E-state index is 13.3. The Kier molecular flexibility index (Phi) is 5.77. The predicted molar refractivity (Wildman–Crippen MR) is 132 cm³/mol. The highest BCUT2D eigenvalue weighted by atomic mass is 16.6. The van der Waals surface area contributed by atoms with Gasteiger partial charge in [-0.05, 0) is 58.9 Å². The highest BCUT2D eigenvalue weighted by molar-refractivity contribution is 5.70. The average Bonchev–Trinajstić information content (AvgIpc) is 3.21. The largest absolute Gasteiger partial charge is 0.490 e. The summed E-state index contributed by atoms with van der Waals surface area (Å²) in [6.07, 6.45) is 7.97. The van der Waals surface area contributed by atoms with Crippen molar-refractivity contribution in [1.29, 1.82) is 0 Å². The number of aromatic nitrogens is 1. The first kappa shape index (κ1) is 23.5. The Morgan fingerprint density at radius 1 is 1.29 bits per heavy atom. The van der Waals surface area contributed by atoms with Gasteiger partial charge in [-0.1, -0.05) is 0 Å². The van der Waals surface area contributed by atoms with Crippen LogP contribution in [0.4, 0.5) is 4.79 Å². The van der Waals surface area contributed by atoms with E-state index in [1.54, 1.807) is 0 Å². The smallest absolute Gasteiger partial charge is 0.410 e. The van der Waals surface area contributed by atoms with E-state index < -0.39 is 5.60 Å². The van der Waals surface area contributed by atoms with Gasteiger partial charge in [-0.2, -0.15) is 0 Å². The van der Waals surface area contributed by atoms with Gasteiger partial charge >= 0.3 is 6.09 Å². The third-order valence-electron chi connectivity index (χ3n) is 8.50. The first-order valence-electron chi connectivity index (χ1n) is 13.4.